The highest BCUT2D eigenvalue weighted by Gasteiger charge is 2.42. The van der Waals surface area contributed by atoms with Gasteiger partial charge in [-0.1, -0.05) is 4.49 Å². The summed E-state index contributed by atoms with van der Waals surface area (Å²) in [6.45, 7) is -0.407. The van der Waals surface area contributed by atoms with Crippen molar-refractivity contribution in [3.05, 3.63) is 0 Å². The first-order valence-corrected chi connectivity index (χ1v) is 6.52. The molecule has 0 radical (unpaired) electrons. The molecule has 0 aliphatic carbocycles. The Morgan fingerprint density at radius 2 is 2.10 bits per heavy atom. The van der Waals surface area contributed by atoms with Crippen molar-refractivity contribution in [2.75, 3.05) is 17.7 Å². The molecule has 0 spiro atoms. The minimum Gasteiger partial charge on any atom is -0.394 e. The van der Waals surface area contributed by atoms with Gasteiger partial charge < -0.3 is 31.1 Å². The highest BCUT2D eigenvalue weighted by molar-refractivity contribution is 7.12. The maximum absolute atomic E-state index is 9.86. The number of aromatic nitrogens is 4. The number of nitrogens with one attached hydrogen (secondary N) is 1. The third-order valence-corrected chi connectivity index (χ3v) is 3.58. The van der Waals surface area contributed by atoms with Crippen molar-refractivity contribution < 1.29 is 20.1 Å². The number of ether oxygens (including phenoxy) is 1. The van der Waals surface area contributed by atoms with E-state index in [-0.39, 0.29) is 11.8 Å². The lowest BCUT2D eigenvalue weighted by molar-refractivity contribution is -0.0153. The summed E-state index contributed by atoms with van der Waals surface area (Å²) >= 11 is 1.06. The van der Waals surface area contributed by atoms with Gasteiger partial charge in [0.1, 0.15) is 18.3 Å². The average molecular weight is 300 g/mol. The Balaban J connectivity index is 1.88. The summed E-state index contributed by atoms with van der Waals surface area (Å²) in [5.41, 5.74) is 5.96. The largest absolute Gasteiger partial charge is 0.394 e. The number of nitrogens with zero attached hydrogens (tertiary/aromatic N) is 4. The van der Waals surface area contributed by atoms with Crippen molar-refractivity contribution in [3.63, 3.8) is 0 Å². The first-order chi connectivity index (χ1) is 9.60. The van der Waals surface area contributed by atoms with E-state index in [1.807, 2.05) is 0 Å². The van der Waals surface area contributed by atoms with Crippen LogP contribution in [0.15, 0.2) is 0 Å². The molecule has 3 rings (SSSR count). The number of anilines is 2. The zero-order valence-electron chi connectivity index (χ0n) is 10.0. The van der Waals surface area contributed by atoms with Crippen LogP contribution in [0, 0.1) is 0 Å². The summed E-state index contributed by atoms with van der Waals surface area (Å²) in [4.78, 5) is 8.43. The zero-order chi connectivity index (χ0) is 14.3. The Kier molecular flexibility index (Phi) is 3.35. The van der Waals surface area contributed by atoms with Gasteiger partial charge in [-0.15, -0.1) is 5.10 Å². The highest BCUT2D eigenvalue weighted by Crippen LogP contribution is 2.26. The lowest BCUT2D eigenvalue weighted by atomic mass is 10.1. The van der Waals surface area contributed by atoms with E-state index < -0.39 is 31.1 Å². The maximum Gasteiger partial charge on any atom is 0.223 e. The number of rotatable bonds is 3. The van der Waals surface area contributed by atoms with Crippen LogP contribution >= 0.6 is 11.5 Å². The Labute approximate surface area is 116 Å². The Morgan fingerprint density at radius 3 is 2.80 bits per heavy atom. The number of hydrogen-bond donors (Lipinski definition) is 5. The molecule has 20 heavy (non-hydrogen) atoms. The van der Waals surface area contributed by atoms with Gasteiger partial charge in [-0.2, -0.15) is 9.97 Å². The molecule has 0 bridgehead atoms. The van der Waals surface area contributed by atoms with Crippen LogP contribution in [-0.2, 0) is 4.74 Å². The summed E-state index contributed by atoms with van der Waals surface area (Å²) in [6, 6.07) is 0. The third kappa shape index (κ3) is 2.14. The van der Waals surface area contributed by atoms with Crippen LogP contribution in [0.5, 0.6) is 0 Å². The number of aliphatic hydroxyl groups is 3. The molecule has 1 fully saturated rings. The van der Waals surface area contributed by atoms with Crippen molar-refractivity contribution in [2.45, 2.75) is 24.5 Å². The predicted molar refractivity (Wildman–Crippen MR) is 68.8 cm³/mol. The van der Waals surface area contributed by atoms with E-state index >= 15 is 0 Å². The maximum atomic E-state index is 9.86. The quantitative estimate of drug-likeness (QED) is 0.425. The molecule has 2 aromatic rings. The summed E-state index contributed by atoms with van der Waals surface area (Å²) < 4.78 is 9.04. The Morgan fingerprint density at radius 1 is 1.30 bits per heavy atom. The molecule has 0 aromatic carbocycles. The van der Waals surface area contributed by atoms with Gasteiger partial charge in [0.05, 0.1) is 6.61 Å². The predicted octanol–water partition coefficient (Wildman–Crippen LogP) is -2.09. The molecule has 10 nitrogen and oxygen atoms in total. The first-order valence-electron chi connectivity index (χ1n) is 5.74. The molecule has 4 atom stereocenters. The molecule has 108 valence electrons. The van der Waals surface area contributed by atoms with E-state index in [1.165, 1.54) is 0 Å². The van der Waals surface area contributed by atoms with Crippen LogP contribution in [0.25, 0.3) is 10.3 Å². The van der Waals surface area contributed by atoms with Gasteiger partial charge in [0.2, 0.25) is 5.95 Å². The van der Waals surface area contributed by atoms with E-state index in [4.69, 9.17) is 15.6 Å². The summed E-state index contributed by atoms with van der Waals surface area (Å²) in [7, 11) is 0. The second kappa shape index (κ2) is 5.03. The van der Waals surface area contributed by atoms with Crippen LogP contribution in [-0.4, -0.2) is 66.0 Å². The SMILES string of the molecule is Nc1nc(NC2OC(CO)C(O)C2O)c2nnsc2n1. The number of aliphatic hydroxyl groups excluding tert-OH is 3. The Hall–Kier alpha value is -1.66. The molecular formula is C9H12N6O4S. The first kappa shape index (κ1) is 13.3. The molecule has 3 heterocycles. The van der Waals surface area contributed by atoms with Crippen LogP contribution < -0.4 is 11.1 Å². The van der Waals surface area contributed by atoms with Crippen molar-refractivity contribution in [1.82, 2.24) is 19.6 Å². The van der Waals surface area contributed by atoms with Crippen molar-refractivity contribution in [1.29, 1.82) is 0 Å². The smallest absolute Gasteiger partial charge is 0.223 e. The van der Waals surface area contributed by atoms with Crippen LogP contribution in [0.1, 0.15) is 0 Å². The average Bonchev–Trinajstić information content (AvgIpc) is 2.98. The van der Waals surface area contributed by atoms with Gasteiger partial charge in [0, 0.05) is 11.5 Å². The fourth-order valence-electron chi connectivity index (χ4n) is 1.96. The summed E-state index contributed by atoms with van der Waals surface area (Å²) in [5, 5.41) is 35.2. The summed E-state index contributed by atoms with van der Waals surface area (Å²) in [5.74, 6) is 0.272. The van der Waals surface area contributed by atoms with E-state index in [0.29, 0.717) is 10.3 Å². The van der Waals surface area contributed by atoms with Crippen LogP contribution in [0.3, 0.4) is 0 Å². The third-order valence-electron chi connectivity index (χ3n) is 2.96. The second-order valence-corrected chi connectivity index (χ2v) is 4.99. The van der Waals surface area contributed by atoms with E-state index in [1.54, 1.807) is 0 Å². The van der Waals surface area contributed by atoms with E-state index in [9.17, 15) is 10.2 Å². The van der Waals surface area contributed by atoms with E-state index in [2.05, 4.69) is 24.9 Å². The zero-order valence-corrected chi connectivity index (χ0v) is 10.9. The van der Waals surface area contributed by atoms with Gasteiger partial charge >= 0.3 is 0 Å². The van der Waals surface area contributed by atoms with Gasteiger partial charge in [0.15, 0.2) is 22.4 Å². The molecular weight excluding hydrogens is 288 g/mol. The Bertz CT molecular complexity index is 624. The van der Waals surface area contributed by atoms with Crippen LogP contribution in [0.2, 0.25) is 0 Å². The minimum absolute atomic E-state index is 0.0257. The lowest BCUT2D eigenvalue weighted by Gasteiger charge is -2.16. The number of nitrogen functional groups attached to an aromatic ring is 1. The van der Waals surface area contributed by atoms with Crippen LogP contribution in [0.4, 0.5) is 11.8 Å². The van der Waals surface area contributed by atoms with Gasteiger partial charge in [0.25, 0.3) is 0 Å². The standard InChI is InChI=1S/C9H12N6O4S/c10-9-12-6(3-8(13-9)20-15-14-3)11-7-5(18)4(17)2(1-16)19-7/h2,4-5,7,16-18H,1H2,(H3,10,11,12,13). The van der Waals surface area contributed by atoms with Crippen molar-refractivity contribution in [3.8, 4) is 0 Å². The number of nitrogens with two attached hydrogens (primary N) is 1. The topological polar surface area (TPSA) is 160 Å². The lowest BCUT2D eigenvalue weighted by Crippen LogP contribution is -2.36. The van der Waals surface area contributed by atoms with Gasteiger partial charge in [-0.05, 0) is 0 Å². The van der Waals surface area contributed by atoms with Gasteiger partial charge in [-0.3, -0.25) is 0 Å². The fourth-order valence-corrected chi connectivity index (χ4v) is 2.52. The molecule has 0 amide bonds. The molecule has 0 saturated carbocycles. The molecule has 11 heteroatoms. The van der Waals surface area contributed by atoms with Crippen molar-refractivity contribution in [2.24, 2.45) is 0 Å². The molecule has 6 N–H and O–H groups in total. The number of hydrogen-bond acceptors (Lipinski definition) is 11. The summed E-state index contributed by atoms with van der Waals surface area (Å²) in [6.07, 6.45) is -4.22. The fraction of sp³-hybridized carbons (Fsp3) is 0.556. The van der Waals surface area contributed by atoms with Gasteiger partial charge in [-0.25, -0.2) is 0 Å². The second-order valence-electron chi connectivity index (χ2n) is 4.26. The van der Waals surface area contributed by atoms with Crippen molar-refractivity contribution >= 4 is 33.6 Å². The molecule has 1 aliphatic rings. The molecule has 1 aliphatic heterocycles. The molecule has 2 aromatic heterocycles. The molecule has 4 unspecified atom stereocenters. The highest BCUT2D eigenvalue weighted by atomic mass is 32.1. The number of fused-ring (bicyclic) bond motifs is 1. The van der Waals surface area contributed by atoms with E-state index in [0.717, 1.165) is 11.5 Å². The molecule has 1 saturated heterocycles. The normalized spacial score (nSPS) is 29.9. The minimum atomic E-state index is -1.22. The monoisotopic (exact) mass is 300 g/mol.